The van der Waals surface area contributed by atoms with Gasteiger partial charge in [-0.15, -0.1) is 0 Å². The van der Waals surface area contributed by atoms with E-state index in [2.05, 4.69) is 0 Å². The summed E-state index contributed by atoms with van der Waals surface area (Å²) in [5.74, 6) is 1.68. The van der Waals surface area contributed by atoms with E-state index in [-0.39, 0.29) is 5.75 Å². The molecular formula is C15H16O3. The Balaban J connectivity index is 2.68. The number of benzene rings is 2. The smallest absolute Gasteiger partial charge is 0.127 e. The minimum absolute atomic E-state index is 0.238. The molecule has 0 radical (unpaired) electrons. The van der Waals surface area contributed by atoms with Gasteiger partial charge in [0.2, 0.25) is 0 Å². The van der Waals surface area contributed by atoms with Gasteiger partial charge in [0, 0.05) is 11.1 Å². The fourth-order valence-electron chi connectivity index (χ4n) is 2.01. The lowest BCUT2D eigenvalue weighted by atomic mass is 9.98. The molecule has 0 bridgehead atoms. The molecule has 2 aromatic rings. The zero-order valence-electron chi connectivity index (χ0n) is 10.7. The van der Waals surface area contributed by atoms with Gasteiger partial charge >= 0.3 is 0 Å². The number of ether oxygens (including phenoxy) is 2. The fraction of sp³-hybridized carbons (Fsp3) is 0.200. The van der Waals surface area contributed by atoms with E-state index >= 15 is 0 Å². The van der Waals surface area contributed by atoms with Crippen molar-refractivity contribution in [1.82, 2.24) is 0 Å². The minimum atomic E-state index is 0.238. The molecule has 0 saturated heterocycles. The SMILES string of the molecule is COc1ccc(OC)c(-c2c(C)cccc2O)c1. The molecule has 0 heterocycles. The maximum atomic E-state index is 10.0. The highest BCUT2D eigenvalue weighted by molar-refractivity contribution is 5.79. The number of rotatable bonds is 3. The Morgan fingerprint density at radius 3 is 2.39 bits per heavy atom. The molecule has 0 aliphatic heterocycles. The molecular weight excluding hydrogens is 228 g/mol. The van der Waals surface area contributed by atoms with Gasteiger partial charge in [0.05, 0.1) is 14.2 Å². The highest BCUT2D eigenvalue weighted by Crippen LogP contribution is 2.39. The van der Waals surface area contributed by atoms with E-state index in [0.717, 1.165) is 22.4 Å². The van der Waals surface area contributed by atoms with Crippen LogP contribution in [0.15, 0.2) is 36.4 Å². The normalized spacial score (nSPS) is 10.2. The van der Waals surface area contributed by atoms with Crippen molar-refractivity contribution >= 4 is 0 Å². The molecule has 0 saturated carbocycles. The summed E-state index contributed by atoms with van der Waals surface area (Å²) in [6.07, 6.45) is 0. The first-order valence-electron chi connectivity index (χ1n) is 5.68. The third-order valence-electron chi connectivity index (χ3n) is 2.93. The molecule has 3 nitrogen and oxygen atoms in total. The van der Waals surface area contributed by atoms with Crippen LogP contribution in [0.3, 0.4) is 0 Å². The highest BCUT2D eigenvalue weighted by atomic mass is 16.5. The van der Waals surface area contributed by atoms with Gasteiger partial charge in [-0.2, -0.15) is 0 Å². The zero-order chi connectivity index (χ0) is 13.1. The van der Waals surface area contributed by atoms with Crippen molar-refractivity contribution in [2.45, 2.75) is 6.92 Å². The number of aryl methyl sites for hydroxylation is 1. The van der Waals surface area contributed by atoms with E-state index in [1.54, 1.807) is 20.3 Å². The molecule has 0 aliphatic carbocycles. The van der Waals surface area contributed by atoms with Crippen molar-refractivity contribution in [1.29, 1.82) is 0 Å². The molecule has 0 atom stereocenters. The van der Waals surface area contributed by atoms with Crippen molar-refractivity contribution in [2.24, 2.45) is 0 Å². The first-order chi connectivity index (χ1) is 8.67. The first kappa shape index (κ1) is 12.3. The van der Waals surface area contributed by atoms with Gasteiger partial charge in [-0.1, -0.05) is 12.1 Å². The Labute approximate surface area is 107 Å². The standard InChI is InChI=1S/C15H16O3/c1-10-5-4-6-13(16)15(10)12-9-11(17-2)7-8-14(12)18-3/h4-9,16H,1-3H3. The predicted octanol–water partition coefficient (Wildman–Crippen LogP) is 3.38. The van der Waals surface area contributed by atoms with Gasteiger partial charge < -0.3 is 14.6 Å². The summed E-state index contributed by atoms with van der Waals surface area (Å²) in [6, 6.07) is 11.0. The lowest BCUT2D eigenvalue weighted by molar-refractivity contribution is 0.404. The van der Waals surface area contributed by atoms with E-state index < -0.39 is 0 Å². The largest absolute Gasteiger partial charge is 0.507 e. The van der Waals surface area contributed by atoms with E-state index in [0.29, 0.717) is 5.75 Å². The van der Waals surface area contributed by atoms with Crippen LogP contribution >= 0.6 is 0 Å². The molecule has 94 valence electrons. The topological polar surface area (TPSA) is 38.7 Å². The molecule has 0 spiro atoms. The van der Waals surface area contributed by atoms with Gasteiger partial charge in [0.15, 0.2) is 0 Å². The van der Waals surface area contributed by atoms with Crippen molar-refractivity contribution in [2.75, 3.05) is 14.2 Å². The monoisotopic (exact) mass is 244 g/mol. The third-order valence-corrected chi connectivity index (χ3v) is 2.93. The average Bonchev–Trinajstić information content (AvgIpc) is 2.38. The second-order valence-electron chi connectivity index (χ2n) is 4.04. The predicted molar refractivity (Wildman–Crippen MR) is 71.4 cm³/mol. The van der Waals surface area contributed by atoms with Crippen LogP contribution < -0.4 is 9.47 Å². The number of phenolic OH excluding ortho intramolecular Hbond substituents is 1. The van der Waals surface area contributed by atoms with Crippen molar-refractivity contribution in [3.8, 4) is 28.4 Å². The summed E-state index contributed by atoms with van der Waals surface area (Å²) in [5, 5.41) is 10.0. The molecule has 18 heavy (non-hydrogen) atoms. The number of phenols is 1. The Morgan fingerprint density at radius 1 is 1.00 bits per heavy atom. The maximum Gasteiger partial charge on any atom is 0.127 e. The van der Waals surface area contributed by atoms with Crippen molar-refractivity contribution in [3.63, 3.8) is 0 Å². The van der Waals surface area contributed by atoms with Crippen LogP contribution in [0.25, 0.3) is 11.1 Å². The molecule has 0 aromatic heterocycles. The molecule has 0 aliphatic rings. The van der Waals surface area contributed by atoms with Crippen LogP contribution in [0.4, 0.5) is 0 Å². The first-order valence-corrected chi connectivity index (χ1v) is 5.68. The Hall–Kier alpha value is -2.16. The lowest BCUT2D eigenvalue weighted by Gasteiger charge is -2.13. The van der Waals surface area contributed by atoms with E-state index in [4.69, 9.17) is 9.47 Å². The van der Waals surface area contributed by atoms with Crippen LogP contribution in [0, 0.1) is 6.92 Å². The molecule has 0 unspecified atom stereocenters. The quantitative estimate of drug-likeness (QED) is 0.899. The molecule has 0 fully saturated rings. The van der Waals surface area contributed by atoms with Gasteiger partial charge in [-0.05, 0) is 36.8 Å². The van der Waals surface area contributed by atoms with Crippen LogP contribution in [-0.2, 0) is 0 Å². The summed E-state index contributed by atoms with van der Waals surface area (Å²) in [5.41, 5.74) is 2.59. The van der Waals surface area contributed by atoms with Crippen LogP contribution in [0.1, 0.15) is 5.56 Å². The average molecular weight is 244 g/mol. The summed E-state index contributed by atoms with van der Waals surface area (Å²) < 4.78 is 10.6. The molecule has 3 heteroatoms. The summed E-state index contributed by atoms with van der Waals surface area (Å²) >= 11 is 0. The number of methoxy groups -OCH3 is 2. The summed E-state index contributed by atoms with van der Waals surface area (Å²) in [6.45, 7) is 1.95. The fourth-order valence-corrected chi connectivity index (χ4v) is 2.01. The molecule has 2 rings (SSSR count). The zero-order valence-corrected chi connectivity index (χ0v) is 10.7. The Kier molecular flexibility index (Phi) is 3.42. The maximum absolute atomic E-state index is 10.0. The summed E-state index contributed by atoms with van der Waals surface area (Å²) in [4.78, 5) is 0. The second kappa shape index (κ2) is 5.00. The van der Waals surface area contributed by atoms with E-state index in [1.807, 2.05) is 37.3 Å². The van der Waals surface area contributed by atoms with E-state index in [9.17, 15) is 5.11 Å². The van der Waals surface area contributed by atoms with Crippen molar-refractivity contribution in [3.05, 3.63) is 42.0 Å². The van der Waals surface area contributed by atoms with E-state index in [1.165, 1.54) is 0 Å². The molecule has 0 amide bonds. The van der Waals surface area contributed by atoms with Gasteiger partial charge in [0.1, 0.15) is 17.2 Å². The Morgan fingerprint density at radius 2 is 1.78 bits per heavy atom. The van der Waals surface area contributed by atoms with Crippen LogP contribution in [0.2, 0.25) is 0 Å². The van der Waals surface area contributed by atoms with Crippen LogP contribution in [0.5, 0.6) is 17.2 Å². The van der Waals surface area contributed by atoms with Gasteiger partial charge in [-0.25, -0.2) is 0 Å². The third kappa shape index (κ3) is 2.12. The summed E-state index contributed by atoms with van der Waals surface area (Å²) in [7, 11) is 3.23. The number of hydrogen-bond acceptors (Lipinski definition) is 3. The second-order valence-corrected chi connectivity index (χ2v) is 4.04. The van der Waals surface area contributed by atoms with Gasteiger partial charge in [0.25, 0.3) is 0 Å². The Bertz CT molecular complexity index is 541. The molecule has 2 aromatic carbocycles. The van der Waals surface area contributed by atoms with Crippen LogP contribution in [-0.4, -0.2) is 19.3 Å². The van der Waals surface area contributed by atoms with Crippen molar-refractivity contribution < 1.29 is 14.6 Å². The van der Waals surface area contributed by atoms with Gasteiger partial charge in [-0.3, -0.25) is 0 Å². The lowest BCUT2D eigenvalue weighted by Crippen LogP contribution is -1.92. The highest BCUT2D eigenvalue weighted by Gasteiger charge is 2.13. The number of hydrogen-bond donors (Lipinski definition) is 1. The number of aromatic hydroxyl groups is 1. The molecule has 1 N–H and O–H groups in total. The minimum Gasteiger partial charge on any atom is -0.507 e.